The summed E-state index contributed by atoms with van der Waals surface area (Å²) in [5.74, 6) is 1.13. The number of aromatic nitrogens is 3. The molecule has 148 valence electrons. The van der Waals surface area contributed by atoms with Gasteiger partial charge in [0.05, 0.1) is 7.11 Å². The molecule has 0 aliphatic carbocycles. The largest absolute Gasteiger partial charge is 0.495 e. The van der Waals surface area contributed by atoms with Crippen molar-refractivity contribution in [2.24, 2.45) is 0 Å². The summed E-state index contributed by atoms with van der Waals surface area (Å²) in [6.07, 6.45) is 0.657. The molecule has 11 heteroatoms. The van der Waals surface area contributed by atoms with Crippen LogP contribution in [0, 0.1) is 6.92 Å². The summed E-state index contributed by atoms with van der Waals surface area (Å²) in [6, 6.07) is 4.32. The second kappa shape index (κ2) is 9.72. The maximum Gasteiger partial charge on any atom is 0.251 e. The average Bonchev–Trinajstić information content (AvgIpc) is 3.08. The summed E-state index contributed by atoms with van der Waals surface area (Å²) in [4.78, 5) is 16.4. The van der Waals surface area contributed by atoms with Crippen LogP contribution in [0.2, 0.25) is 0 Å². The van der Waals surface area contributed by atoms with Crippen LogP contribution in [0.1, 0.15) is 29.5 Å². The smallest absolute Gasteiger partial charge is 0.251 e. The lowest BCUT2D eigenvalue weighted by atomic mass is 10.2. The fourth-order valence-corrected chi connectivity index (χ4v) is 4.16. The Bertz CT molecular complexity index is 883. The predicted octanol–water partition coefficient (Wildman–Crippen LogP) is 1.33. The minimum Gasteiger partial charge on any atom is -0.495 e. The van der Waals surface area contributed by atoms with Crippen molar-refractivity contribution in [1.29, 1.82) is 0 Å². The van der Waals surface area contributed by atoms with Gasteiger partial charge in [0, 0.05) is 24.4 Å². The molecule has 1 heterocycles. The minimum atomic E-state index is -3.76. The SMILES string of the molecule is CCCNS(=O)(=O)c1cc(C(=O)NCCSc2n[nH]c(C)n2)ccc1OC. The van der Waals surface area contributed by atoms with E-state index in [1.54, 1.807) is 0 Å². The number of hydrogen-bond acceptors (Lipinski definition) is 7. The zero-order chi connectivity index (χ0) is 19.9. The van der Waals surface area contributed by atoms with E-state index in [0.29, 0.717) is 30.4 Å². The van der Waals surface area contributed by atoms with Gasteiger partial charge < -0.3 is 10.1 Å². The Balaban J connectivity index is 2.02. The fourth-order valence-electron chi connectivity index (χ4n) is 2.14. The number of benzene rings is 1. The van der Waals surface area contributed by atoms with Crippen molar-refractivity contribution < 1.29 is 17.9 Å². The van der Waals surface area contributed by atoms with Gasteiger partial charge in [-0.05, 0) is 31.5 Å². The van der Waals surface area contributed by atoms with E-state index in [-0.39, 0.29) is 22.1 Å². The summed E-state index contributed by atoms with van der Waals surface area (Å²) in [5, 5.41) is 10.1. The number of nitrogens with zero attached hydrogens (tertiary/aromatic N) is 2. The molecule has 0 fully saturated rings. The van der Waals surface area contributed by atoms with E-state index in [1.807, 2.05) is 13.8 Å². The number of aromatic amines is 1. The third kappa shape index (κ3) is 5.94. The van der Waals surface area contributed by atoms with E-state index in [0.717, 1.165) is 5.82 Å². The molecule has 1 amide bonds. The van der Waals surface area contributed by atoms with Crippen molar-refractivity contribution in [3.8, 4) is 5.75 Å². The molecule has 0 unspecified atom stereocenters. The number of ether oxygens (including phenoxy) is 1. The molecule has 2 rings (SSSR count). The summed E-state index contributed by atoms with van der Waals surface area (Å²) in [6.45, 7) is 4.37. The van der Waals surface area contributed by atoms with Crippen LogP contribution in [0.4, 0.5) is 0 Å². The summed E-state index contributed by atoms with van der Waals surface area (Å²) < 4.78 is 32.4. The van der Waals surface area contributed by atoms with Crippen LogP contribution in [0.15, 0.2) is 28.3 Å². The Kier molecular flexibility index (Phi) is 7.63. The van der Waals surface area contributed by atoms with Gasteiger partial charge in [0.25, 0.3) is 5.91 Å². The van der Waals surface area contributed by atoms with Gasteiger partial charge in [-0.1, -0.05) is 18.7 Å². The third-order valence-corrected chi connectivity index (χ3v) is 5.78. The Morgan fingerprint density at radius 2 is 2.11 bits per heavy atom. The highest BCUT2D eigenvalue weighted by molar-refractivity contribution is 7.99. The molecule has 3 N–H and O–H groups in total. The molecule has 0 saturated heterocycles. The molecule has 0 aliphatic rings. The second-order valence-corrected chi connectivity index (χ2v) is 8.37. The maximum absolute atomic E-state index is 12.4. The molecule has 1 aromatic heterocycles. The number of sulfonamides is 1. The Morgan fingerprint density at radius 1 is 1.33 bits per heavy atom. The number of hydrogen-bond donors (Lipinski definition) is 3. The minimum absolute atomic E-state index is 0.0586. The first kappa shape index (κ1) is 21.2. The Hall–Kier alpha value is -2.11. The second-order valence-electron chi connectivity index (χ2n) is 5.57. The molecule has 0 spiro atoms. The van der Waals surface area contributed by atoms with E-state index in [2.05, 4.69) is 25.2 Å². The Morgan fingerprint density at radius 3 is 2.74 bits per heavy atom. The molecule has 0 atom stereocenters. The number of carbonyl (C=O) groups is 1. The summed E-state index contributed by atoms with van der Waals surface area (Å²) in [7, 11) is -2.37. The number of H-pyrrole nitrogens is 1. The monoisotopic (exact) mass is 413 g/mol. The van der Waals surface area contributed by atoms with Crippen molar-refractivity contribution in [2.45, 2.75) is 30.3 Å². The van der Waals surface area contributed by atoms with E-state index < -0.39 is 10.0 Å². The molecule has 0 aliphatic heterocycles. The lowest BCUT2D eigenvalue weighted by Crippen LogP contribution is -2.27. The maximum atomic E-state index is 12.4. The van der Waals surface area contributed by atoms with Crippen LogP contribution >= 0.6 is 11.8 Å². The van der Waals surface area contributed by atoms with Gasteiger partial charge in [0.2, 0.25) is 15.2 Å². The van der Waals surface area contributed by atoms with Crippen LogP contribution < -0.4 is 14.8 Å². The highest BCUT2D eigenvalue weighted by Gasteiger charge is 2.21. The molecule has 1 aromatic carbocycles. The number of thioether (sulfide) groups is 1. The summed E-state index contributed by atoms with van der Waals surface area (Å²) >= 11 is 1.41. The number of carbonyl (C=O) groups excluding carboxylic acids is 1. The van der Waals surface area contributed by atoms with Crippen molar-refractivity contribution in [2.75, 3.05) is 26.0 Å². The van der Waals surface area contributed by atoms with Crippen LogP contribution in [-0.4, -0.2) is 55.5 Å². The number of methoxy groups -OCH3 is 1. The molecular formula is C16H23N5O4S2. The number of aryl methyl sites for hydroxylation is 1. The quantitative estimate of drug-likeness (QED) is 0.396. The van der Waals surface area contributed by atoms with Crippen LogP contribution in [0.5, 0.6) is 5.75 Å². The zero-order valence-corrected chi connectivity index (χ0v) is 17.0. The van der Waals surface area contributed by atoms with E-state index in [1.165, 1.54) is 37.1 Å². The Labute approximate surface area is 162 Å². The molecule has 9 nitrogen and oxygen atoms in total. The van der Waals surface area contributed by atoms with Crippen LogP contribution in [0.25, 0.3) is 0 Å². The van der Waals surface area contributed by atoms with Crippen molar-refractivity contribution in [3.63, 3.8) is 0 Å². The van der Waals surface area contributed by atoms with Crippen LogP contribution in [-0.2, 0) is 10.0 Å². The first-order chi connectivity index (χ1) is 12.9. The zero-order valence-electron chi connectivity index (χ0n) is 15.4. The number of nitrogens with one attached hydrogen (secondary N) is 3. The summed E-state index contributed by atoms with van der Waals surface area (Å²) in [5.41, 5.74) is 0.242. The lowest BCUT2D eigenvalue weighted by Gasteiger charge is -2.12. The standard InChI is InChI=1S/C16H23N5O4S2/c1-4-7-18-27(23,24)14-10-12(5-6-13(14)25-3)15(22)17-8-9-26-16-19-11(2)20-21-16/h5-6,10,18H,4,7-9H2,1-3H3,(H,17,22)(H,19,20,21). The third-order valence-electron chi connectivity index (χ3n) is 3.45. The van der Waals surface area contributed by atoms with Crippen molar-refractivity contribution >= 4 is 27.7 Å². The average molecular weight is 414 g/mol. The van der Waals surface area contributed by atoms with E-state index >= 15 is 0 Å². The van der Waals surface area contributed by atoms with Gasteiger partial charge >= 0.3 is 0 Å². The topological polar surface area (TPSA) is 126 Å². The van der Waals surface area contributed by atoms with E-state index in [9.17, 15) is 13.2 Å². The van der Waals surface area contributed by atoms with E-state index in [4.69, 9.17) is 4.74 Å². The normalized spacial score (nSPS) is 11.4. The highest BCUT2D eigenvalue weighted by atomic mass is 32.2. The van der Waals surface area contributed by atoms with Gasteiger partial charge in [0.1, 0.15) is 16.5 Å². The first-order valence-electron chi connectivity index (χ1n) is 8.35. The lowest BCUT2D eigenvalue weighted by molar-refractivity contribution is 0.0956. The van der Waals surface area contributed by atoms with Crippen molar-refractivity contribution in [3.05, 3.63) is 29.6 Å². The van der Waals surface area contributed by atoms with Crippen molar-refractivity contribution in [1.82, 2.24) is 25.2 Å². The highest BCUT2D eigenvalue weighted by Crippen LogP contribution is 2.24. The van der Waals surface area contributed by atoms with Crippen LogP contribution in [0.3, 0.4) is 0 Å². The van der Waals surface area contributed by atoms with Gasteiger partial charge in [-0.2, -0.15) is 0 Å². The molecule has 27 heavy (non-hydrogen) atoms. The van der Waals surface area contributed by atoms with Gasteiger partial charge in [-0.15, -0.1) is 5.10 Å². The number of amides is 1. The fraction of sp³-hybridized carbons (Fsp3) is 0.438. The molecule has 2 aromatic rings. The molecule has 0 saturated carbocycles. The van der Waals surface area contributed by atoms with Gasteiger partial charge in [-0.25, -0.2) is 18.1 Å². The molecule has 0 bridgehead atoms. The first-order valence-corrected chi connectivity index (χ1v) is 10.8. The van der Waals surface area contributed by atoms with Gasteiger partial charge in [0.15, 0.2) is 0 Å². The van der Waals surface area contributed by atoms with Gasteiger partial charge in [-0.3, -0.25) is 9.89 Å². The molecule has 0 radical (unpaired) electrons. The predicted molar refractivity (Wildman–Crippen MR) is 103 cm³/mol. The number of rotatable bonds is 10. The molecular weight excluding hydrogens is 390 g/mol.